The van der Waals surface area contributed by atoms with Crippen molar-refractivity contribution in [2.75, 3.05) is 18.5 Å². The highest BCUT2D eigenvalue weighted by Crippen LogP contribution is 2.27. The van der Waals surface area contributed by atoms with Crippen LogP contribution < -0.4 is 10.1 Å². The lowest BCUT2D eigenvalue weighted by Gasteiger charge is -2.27. The minimum atomic E-state index is -0.604. The number of nitrogens with one attached hydrogen (secondary N) is 1. The maximum Gasteiger partial charge on any atom is 0.218 e. The Labute approximate surface area is 114 Å². The van der Waals surface area contributed by atoms with Crippen molar-refractivity contribution >= 4 is 5.82 Å². The van der Waals surface area contributed by atoms with Crippen LogP contribution in [-0.2, 0) is 0 Å². The molecule has 19 heavy (non-hydrogen) atoms. The van der Waals surface area contributed by atoms with Gasteiger partial charge in [-0.15, -0.1) is 0 Å². The molecule has 1 heterocycles. The Bertz CT molecular complexity index is 390. The molecule has 1 aliphatic carbocycles. The third-order valence-corrected chi connectivity index (χ3v) is 3.57. The van der Waals surface area contributed by atoms with E-state index in [1.54, 1.807) is 6.07 Å². The summed E-state index contributed by atoms with van der Waals surface area (Å²) in [7, 11) is 0. The monoisotopic (exact) mass is 265 g/mol. The first-order valence-electron chi connectivity index (χ1n) is 7.13. The molecule has 0 saturated heterocycles. The molecular weight excluding hydrogens is 242 g/mol. The number of hydrogen-bond donors (Lipinski definition) is 2. The summed E-state index contributed by atoms with van der Waals surface area (Å²) in [5.41, 5.74) is -0.604. The van der Waals surface area contributed by atoms with Crippen LogP contribution in [0.25, 0.3) is 0 Å². The van der Waals surface area contributed by atoms with Gasteiger partial charge in [-0.05, 0) is 19.8 Å². The molecule has 1 fully saturated rings. The molecule has 0 amide bonds. The fourth-order valence-electron chi connectivity index (χ4n) is 2.48. The number of aromatic nitrogens is 2. The van der Waals surface area contributed by atoms with Crippen LogP contribution in [0.3, 0.4) is 0 Å². The minimum absolute atomic E-state index is 0.537. The van der Waals surface area contributed by atoms with E-state index < -0.39 is 5.60 Å². The van der Waals surface area contributed by atoms with Gasteiger partial charge in [0.05, 0.1) is 12.2 Å². The van der Waals surface area contributed by atoms with Gasteiger partial charge in [0.1, 0.15) is 12.1 Å². The molecule has 1 aliphatic rings. The van der Waals surface area contributed by atoms with Gasteiger partial charge in [-0.3, -0.25) is 0 Å². The Morgan fingerprint density at radius 2 is 2.00 bits per heavy atom. The average molecular weight is 265 g/mol. The lowest BCUT2D eigenvalue weighted by Crippen LogP contribution is -2.36. The number of hydrogen-bond acceptors (Lipinski definition) is 5. The Kier molecular flexibility index (Phi) is 4.96. The molecular formula is C14H23N3O2. The molecule has 0 radical (unpaired) electrons. The van der Waals surface area contributed by atoms with Crippen LogP contribution in [0.5, 0.6) is 5.88 Å². The number of rotatable bonds is 5. The zero-order valence-electron chi connectivity index (χ0n) is 11.6. The second-order valence-corrected chi connectivity index (χ2v) is 5.17. The summed E-state index contributed by atoms with van der Waals surface area (Å²) in [6.45, 7) is 3.04. The molecule has 5 nitrogen and oxygen atoms in total. The standard InChI is InChI=1S/C14H23N3O2/c1-2-19-13-9-12(16-11-17-13)15-10-14(18)7-5-3-4-6-8-14/h9,11,18H,2-8,10H2,1H3,(H,15,16,17). The lowest BCUT2D eigenvalue weighted by molar-refractivity contribution is 0.0380. The van der Waals surface area contributed by atoms with Crippen LogP contribution in [0.4, 0.5) is 5.82 Å². The summed E-state index contributed by atoms with van der Waals surface area (Å²) in [5, 5.41) is 13.7. The molecule has 2 rings (SSSR count). The molecule has 2 N–H and O–H groups in total. The van der Waals surface area contributed by atoms with Gasteiger partial charge in [-0.2, -0.15) is 0 Å². The summed E-state index contributed by atoms with van der Waals surface area (Å²) in [5.74, 6) is 1.27. The van der Waals surface area contributed by atoms with E-state index in [0.29, 0.717) is 24.8 Å². The largest absolute Gasteiger partial charge is 0.478 e. The molecule has 1 saturated carbocycles. The molecule has 0 spiro atoms. The van der Waals surface area contributed by atoms with E-state index in [1.165, 1.54) is 19.2 Å². The molecule has 0 atom stereocenters. The predicted octanol–water partition coefficient (Wildman–Crippen LogP) is 2.37. The van der Waals surface area contributed by atoms with Gasteiger partial charge < -0.3 is 15.2 Å². The predicted molar refractivity (Wildman–Crippen MR) is 74.3 cm³/mol. The fourth-order valence-corrected chi connectivity index (χ4v) is 2.48. The van der Waals surface area contributed by atoms with Crippen molar-refractivity contribution in [2.24, 2.45) is 0 Å². The number of nitrogens with zero attached hydrogens (tertiary/aromatic N) is 2. The lowest BCUT2D eigenvalue weighted by atomic mass is 9.94. The normalized spacial score (nSPS) is 18.6. The first kappa shape index (κ1) is 14.1. The molecule has 0 unspecified atom stereocenters. The molecule has 0 bridgehead atoms. The number of anilines is 1. The maximum atomic E-state index is 10.5. The zero-order valence-corrected chi connectivity index (χ0v) is 11.6. The fraction of sp³-hybridized carbons (Fsp3) is 0.714. The quantitative estimate of drug-likeness (QED) is 0.800. The number of ether oxygens (including phenoxy) is 1. The average Bonchev–Trinajstić information content (AvgIpc) is 2.63. The van der Waals surface area contributed by atoms with Crippen LogP contribution in [-0.4, -0.2) is 33.8 Å². The first-order chi connectivity index (χ1) is 9.22. The van der Waals surface area contributed by atoms with Gasteiger partial charge in [-0.1, -0.05) is 25.7 Å². The van der Waals surface area contributed by atoms with Crippen molar-refractivity contribution in [2.45, 2.75) is 51.0 Å². The molecule has 5 heteroatoms. The van der Waals surface area contributed by atoms with E-state index in [-0.39, 0.29) is 0 Å². The van der Waals surface area contributed by atoms with Gasteiger partial charge in [0.2, 0.25) is 5.88 Å². The van der Waals surface area contributed by atoms with Crippen molar-refractivity contribution in [3.8, 4) is 5.88 Å². The maximum absolute atomic E-state index is 10.5. The Hall–Kier alpha value is -1.36. The van der Waals surface area contributed by atoms with Crippen LogP contribution in [0, 0.1) is 0 Å². The summed E-state index contributed by atoms with van der Waals surface area (Å²) >= 11 is 0. The van der Waals surface area contributed by atoms with Gasteiger partial charge in [0, 0.05) is 12.6 Å². The van der Waals surface area contributed by atoms with E-state index in [4.69, 9.17) is 4.74 Å². The second-order valence-electron chi connectivity index (χ2n) is 5.17. The summed E-state index contributed by atoms with van der Waals surface area (Å²) < 4.78 is 5.33. The third-order valence-electron chi connectivity index (χ3n) is 3.57. The van der Waals surface area contributed by atoms with Crippen LogP contribution in [0.15, 0.2) is 12.4 Å². The van der Waals surface area contributed by atoms with Crippen LogP contribution >= 0.6 is 0 Å². The van der Waals surface area contributed by atoms with Gasteiger partial charge >= 0.3 is 0 Å². The summed E-state index contributed by atoms with van der Waals surface area (Å²) in [4.78, 5) is 8.17. The number of aliphatic hydroxyl groups is 1. The van der Waals surface area contributed by atoms with E-state index >= 15 is 0 Å². The second kappa shape index (κ2) is 6.70. The van der Waals surface area contributed by atoms with Crippen molar-refractivity contribution in [1.29, 1.82) is 0 Å². The molecule has 0 aromatic carbocycles. The Morgan fingerprint density at radius 3 is 2.68 bits per heavy atom. The van der Waals surface area contributed by atoms with Gasteiger partial charge in [0.25, 0.3) is 0 Å². The first-order valence-corrected chi connectivity index (χ1v) is 7.13. The SMILES string of the molecule is CCOc1cc(NCC2(O)CCCCCC2)ncn1. The molecule has 1 aromatic rings. The van der Waals surface area contributed by atoms with Gasteiger partial charge in [0.15, 0.2) is 0 Å². The van der Waals surface area contributed by atoms with E-state index in [1.807, 2.05) is 6.92 Å². The van der Waals surface area contributed by atoms with Crippen molar-refractivity contribution in [1.82, 2.24) is 9.97 Å². The Morgan fingerprint density at radius 1 is 1.26 bits per heavy atom. The Balaban J connectivity index is 1.91. The molecule has 1 aromatic heterocycles. The van der Waals surface area contributed by atoms with E-state index in [0.717, 1.165) is 25.7 Å². The highest BCUT2D eigenvalue weighted by atomic mass is 16.5. The molecule has 0 aliphatic heterocycles. The third kappa shape index (κ3) is 4.35. The van der Waals surface area contributed by atoms with Crippen molar-refractivity contribution in [3.05, 3.63) is 12.4 Å². The van der Waals surface area contributed by atoms with Crippen molar-refractivity contribution in [3.63, 3.8) is 0 Å². The highest BCUT2D eigenvalue weighted by molar-refractivity contribution is 5.37. The van der Waals surface area contributed by atoms with Gasteiger partial charge in [-0.25, -0.2) is 9.97 Å². The zero-order chi connectivity index (χ0) is 13.6. The van der Waals surface area contributed by atoms with Crippen LogP contribution in [0.2, 0.25) is 0 Å². The van der Waals surface area contributed by atoms with E-state index in [9.17, 15) is 5.11 Å². The van der Waals surface area contributed by atoms with Crippen molar-refractivity contribution < 1.29 is 9.84 Å². The molecule has 106 valence electrons. The van der Waals surface area contributed by atoms with E-state index in [2.05, 4.69) is 15.3 Å². The smallest absolute Gasteiger partial charge is 0.218 e. The topological polar surface area (TPSA) is 67.3 Å². The minimum Gasteiger partial charge on any atom is -0.478 e. The van der Waals surface area contributed by atoms with Crippen LogP contribution in [0.1, 0.15) is 45.4 Å². The summed E-state index contributed by atoms with van der Waals surface area (Å²) in [6.07, 6.45) is 7.87. The highest BCUT2D eigenvalue weighted by Gasteiger charge is 2.27. The summed E-state index contributed by atoms with van der Waals surface area (Å²) in [6, 6.07) is 1.77.